The lowest BCUT2D eigenvalue weighted by Crippen LogP contribution is -2.31. The third-order valence-electron chi connectivity index (χ3n) is 3.20. The van der Waals surface area contributed by atoms with Crippen LogP contribution < -0.4 is 9.47 Å². The van der Waals surface area contributed by atoms with Gasteiger partial charge in [-0.15, -0.1) is 0 Å². The zero-order valence-corrected chi connectivity index (χ0v) is 14.0. The molecule has 0 N–H and O–H groups in total. The fraction of sp³-hybridized carbons (Fsp3) is 0.389. The van der Waals surface area contributed by atoms with Gasteiger partial charge in [-0.25, -0.2) is 0 Å². The molecular weight excluding hydrogens is 306 g/mol. The molecule has 0 saturated carbocycles. The van der Waals surface area contributed by atoms with Crippen LogP contribution in [0.15, 0.2) is 24.3 Å². The van der Waals surface area contributed by atoms with Crippen LogP contribution in [0.3, 0.4) is 0 Å². The second-order valence-electron chi connectivity index (χ2n) is 4.82. The lowest BCUT2D eigenvalue weighted by atomic mass is 10.2. The van der Waals surface area contributed by atoms with Crippen molar-refractivity contribution in [2.75, 3.05) is 26.8 Å². The summed E-state index contributed by atoms with van der Waals surface area (Å²) in [6.45, 7) is 3.02. The number of methoxy groups -OCH3 is 1. The number of nitriles is 2. The fourth-order valence-corrected chi connectivity index (χ4v) is 2.04. The van der Waals surface area contributed by atoms with E-state index >= 15 is 0 Å². The highest BCUT2D eigenvalue weighted by molar-refractivity contribution is 5.91. The first-order chi connectivity index (χ1) is 11.7. The molecule has 0 heterocycles. The Morgan fingerprint density at radius 2 is 1.88 bits per heavy atom. The van der Waals surface area contributed by atoms with Gasteiger partial charge in [0.1, 0.15) is 0 Å². The summed E-state index contributed by atoms with van der Waals surface area (Å²) in [7, 11) is 1.57. The van der Waals surface area contributed by atoms with Crippen LogP contribution in [0.1, 0.15) is 25.3 Å². The number of amides is 1. The first-order valence-corrected chi connectivity index (χ1v) is 7.68. The molecule has 0 fully saturated rings. The molecule has 0 spiro atoms. The molecule has 1 aromatic carbocycles. The van der Waals surface area contributed by atoms with Crippen LogP contribution in [0.5, 0.6) is 11.5 Å². The minimum Gasteiger partial charge on any atom is -0.493 e. The Morgan fingerprint density at radius 1 is 1.21 bits per heavy atom. The number of rotatable bonds is 9. The van der Waals surface area contributed by atoms with E-state index in [1.54, 1.807) is 25.3 Å². The van der Waals surface area contributed by atoms with Crippen molar-refractivity contribution >= 4 is 12.0 Å². The smallest absolute Gasteiger partial charge is 0.246 e. The Morgan fingerprint density at radius 3 is 2.42 bits per heavy atom. The summed E-state index contributed by atoms with van der Waals surface area (Å²) >= 11 is 0. The van der Waals surface area contributed by atoms with Gasteiger partial charge >= 0.3 is 0 Å². The largest absolute Gasteiger partial charge is 0.493 e. The SMILES string of the molecule is CCOc1cc(/C=C\C(=O)N(CCC#N)CCC#N)ccc1OC. The van der Waals surface area contributed by atoms with Gasteiger partial charge < -0.3 is 14.4 Å². The zero-order chi connectivity index (χ0) is 17.8. The Hall–Kier alpha value is -2.99. The van der Waals surface area contributed by atoms with Crippen LogP contribution in [0, 0.1) is 22.7 Å². The summed E-state index contributed by atoms with van der Waals surface area (Å²) in [6, 6.07) is 9.40. The number of carbonyl (C=O) groups excluding carboxylic acids is 1. The van der Waals surface area contributed by atoms with Gasteiger partial charge in [-0.2, -0.15) is 10.5 Å². The number of hydrogen-bond donors (Lipinski definition) is 0. The summed E-state index contributed by atoms with van der Waals surface area (Å²) in [5.74, 6) is 1.01. The predicted octanol–water partition coefficient (Wildman–Crippen LogP) is 2.76. The topological polar surface area (TPSA) is 86.4 Å². The molecule has 1 aromatic rings. The van der Waals surface area contributed by atoms with Gasteiger partial charge in [0.25, 0.3) is 0 Å². The number of nitrogens with zero attached hydrogens (tertiary/aromatic N) is 3. The van der Waals surface area contributed by atoms with Gasteiger partial charge in [0.2, 0.25) is 5.91 Å². The first-order valence-electron chi connectivity index (χ1n) is 7.68. The highest BCUT2D eigenvalue weighted by Crippen LogP contribution is 2.28. The molecule has 126 valence electrons. The van der Waals surface area contributed by atoms with Crippen molar-refractivity contribution in [2.45, 2.75) is 19.8 Å². The lowest BCUT2D eigenvalue weighted by Gasteiger charge is -2.18. The molecule has 0 bridgehead atoms. The van der Waals surface area contributed by atoms with Crippen LogP contribution in [0.4, 0.5) is 0 Å². The number of hydrogen-bond acceptors (Lipinski definition) is 5. The van der Waals surface area contributed by atoms with Crippen molar-refractivity contribution in [3.05, 3.63) is 29.8 Å². The van der Waals surface area contributed by atoms with Crippen molar-refractivity contribution in [3.8, 4) is 23.6 Å². The maximum atomic E-state index is 12.2. The molecule has 0 aliphatic carbocycles. The molecule has 0 aromatic heterocycles. The van der Waals surface area contributed by atoms with Crippen molar-refractivity contribution < 1.29 is 14.3 Å². The predicted molar refractivity (Wildman–Crippen MR) is 90.2 cm³/mol. The fourth-order valence-electron chi connectivity index (χ4n) is 2.04. The van der Waals surface area contributed by atoms with Crippen LogP contribution in [0.2, 0.25) is 0 Å². The maximum Gasteiger partial charge on any atom is 0.246 e. The zero-order valence-electron chi connectivity index (χ0n) is 14.0. The first kappa shape index (κ1) is 19.1. The maximum absolute atomic E-state index is 12.2. The molecule has 0 unspecified atom stereocenters. The van der Waals surface area contributed by atoms with Crippen molar-refractivity contribution in [1.29, 1.82) is 10.5 Å². The van der Waals surface area contributed by atoms with Gasteiger partial charge in [-0.3, -0.25) is 4.79 Å². The number of carbonyl (C=O) groups is 1. The van der Waals surface area contributed by atoms with Gasteiger partial charge in [0.05, 0.1) is 38.7 Å². The average Bonchev–Trinajstić information content (AvgIpc) is 2.60. The third kappa shape index (κ3) is 6.02. The molecule has 6 heteroatoms. The quantitative estimate of drug-likeness (QED) is 0.651. The minimum absolute atomic E-state index is 0.228. The van der Waals surface area contributed by atoms with Crippen LogP contribution in [-0.2, 0) is 4.79 Å². The van der Waals surface area contributed by atoms with Crippen molar-refractivity contribution in [1.82, 2.24) is 4.90 Å². The van der Waals surface area contributed by atoms with Crippen molar-refractivity contribution in [2.24, 2.45) is 0 Å². The minimum atomic E-state index is -0.228. The monoisotopic (exact) mass is 327 g/mol. The highest BCUT2D eigenvalue weighted by atomic mass is 16.5. The van der Waals surface area contributed by atoms with Gasteiger partial charge in [0, 0.05) is 19.2 Å². The Bertz CT molecular complexity index is 638. The van der Waals surface area contributed by atoms with Crippen LogP contribution in [-0.4, -0.2) is 37.6 Å². The average molecular weight is 327 g/mol. The summed E-state index contributed by atoms with van der Waals surface area (Å²) < 4.78 is 10.7. The van der Waals surface area contributed by atoms with Gasteiger partial charge in [-0.1, -0.05) is 6.07 Å². The van der Waals surface area contributed by atoms with E-state index in [1.165, 1.54) is 11.0 Å². The molecule has 24 heavy (non-hydrogen) atoms. The van der Waals surface area contributed by atoms with Crippen molar-refractivity contribution in [3.63, 3.8) is 0 Å². The third-order valence-corrected chi connectivity index (χ3v) is 3.20. The van der Waals surface area contributed by atoms with Gasteiger partial charge in [-0.05, 0) is 30.7 Å². The highest BCUT2D eigenvalue weighted by Gasteiger charge is 2.10. The van der Waals surface area contributed by atoms with E-state index in [-0.39, 0.29) is 18.7 Å². The van der Waals surface area contributed by atoms with E-state index in [4.69, 9.17) is 20.0 Å². The van der Waals surface area contributed by atoms with Gasteiger partial charge in [0.15, 0.2) is 11.5 Å². The molecule has 0 atom stereocenters. The van der Waals surface area contributed by atoms with E-state index in [9.17, 15) is 4.79 Å². The molecule has 1 rings (SSSR count). The molecule has 6 nitrogen and oxygen atoms in total. The lowest BCUT2D eigenvalue weighted by molar-refractivity contribution is -0.125. The Balaban J connectivity index is 2.85. The van der Waals surface area contributed by atoms with E-state index in [1.807, 2.05) is 25.1 Å². The number of benzene rings is 1. The molecular formula is C18H21N3O3. The number of ether oxygens (including phenoxy) is 2. The van der Waals surface area contributed by atoms with E-state index in [0.717, 1.165) is 5.56 Å². The molecule has 0 saturated heterocycles. The van der Waals surface area contributed by atoms with E-state index < -0.39 is 0 Å². The molecule has 0 aliphatic heterocycles. The van der Waals surface area contributed by atoms with E-state index in [0.29, 0.717) is 31.2 Å². The molecule has 0 radical (unpaired) electrons. The summed E-state index contributed by atoms with van der Waals surface area (Å²) in [6.07, 6.45) is 3.59. The Labute approximate surface area is 142 Å². The van der Waals surface area contributed by atoms with Crippen LogP contribution in [0.25, 0.3) is 6.08 Å². The summed E-state index contributed by atoms with van der Waals surface area (Å²) in [5.41, 5.74) is 0.799. The Kier molecular flexibility index (Phi) is 8.49. The van der Waals surface area contributed by atoms with E-state index in [2.05, 4.69) is 0 Å². The second kappa shape index (κ2) is 10.7. The molecule has 0 aliphatic rings. The normalized spacial score (nSPS) is 10.0. The summed E-state index contributed by atoms with van der Waals surface area (Å²) in [5, 5.41) is 17.3. The van der Waals surface area contributed by atoms with Crippen LogP contribution >= 0.6 is 0 Å². The standard InChI is InChI=1S/C18H21N3O3/c1-3-24-17-14-15(6-8-16(17)23-2)7-9-18(22)21(12-4-10-19)13-5-11-20/h6-9,14H,3-5,12-13H2,1-2H3/b9-7-. The molecule has 1 amide bonds. The second-order valence-corrected chi connectivity index (χ2v) is 4.82. The summed E-state index contributed by atoms with van der Waals surface area (Å²) in [4.78, 5) is 13.7.